The lowest BCUT2D eigenvalue weighted by atomic mass is 9.84. The minimum atomic E-state index is 0.0775. The van der Waals surface area contributed by atoms with E-state index in [0.717, 1.165) is 22.6 Å². The molecule has 1 N–H and O–H groups in total. The van der Waals surface area contributed by atoms with E-state index in [1.807, 2.05) is 149 Å². The van der Waals surface area contributed by atoms with Crippen molar-refractivity contribution < 1.29 is 0 Å². The Kier molecular flexibility index (Phi) is 52.6. The fourth-order valence-electron chi connectivity index (χ4n) is 12.4. The van der Waals surface area contributed by atoms with Gasteiger partial charge < -0.3 is 0 Å². The van der Waals surface area contributed by atoms with E-state index < -0.39 is 0 Å². The molecular weight excluding hydrogens is 1400 g/mol. The van der Waals surface area contributed by atoms with Crippen molar-refractivity contribution >= 4 is 34.5 Å². The Hall–Kier alpha value is -6.21. The van der Waals surface area contributed by atoms with Crippen molar-refractivity contribution in [1.29, 1.82) is 0 Å². The number of halogens is 1. The van der Waals surface area contributed by atoms with Crippen LogP contribution in [0.2, 0.25) is 5.15 Å². The number of H-pyrrole nitrogens is 1. The molecule has 0 radical (unpaired) electrons. The highest BCUT2D eigenvalue weighted by atomic mass is 35.5. The van der Waals surface area contributed by atoms with Gasteiger partial charge in [0.1, 0.15) is 0 Å². The molecule has 0 aliphatic carbocycles. The second-order valence-corrected chi connectivity index (χ2v) is 38.3. The molecule has 0 saturated carbocycles. The minimum Gasteiger partial charge on any atom is -0.281 e. The molecule has 13 heteroatoms. The predicted octanol–water partition coefficient (Wildman–Crippen LogP) is 30.3. The van der Waals surface area contributed by atoms with Crippen molar-refractivity contribution in [2.24, 2.45) is 7.05 Å². The Morgan fingerprint density at radius 1 is 0.364 bits per heavy atom. The molecule has 10 nitrogen and oxygen atoms in total. The quantitative estimate of drug-likeness (QED) is 0.159. The summed E-state index contributed by atoms with van der Waals surface area (Å²) < 4.78 is 6.28. The van der Waals surface area contributed by atoms with E-state index in [1.165, 1.54) is 93.2 Å². The number of thiazole rings is 1. The molecule has 624 valence electrons. The van der Waals surface area contributed by atoms with E-state index in [1.54, 1.807) is 11.5 Å². The molecule has 8 aromatic heterocycles. The van der Waals surface area contributed by atoms with Crippen LogP contribution >= 0.6 is 34.5 Å². The lowest BCUT2D eigenvalue weighted by molar-refractivity contribution is 0.564. The third kappa shape index (κ3) is 42.1. The number of aryl methyl sites for hydroxylation is 12. The van der Waals surface area contributed by atoms with Crippen molar-refractivity contribution in [3.63, 3.8) is 0 Å². The predicted molar refractivity (Wildman–Crippen MR) is 496 cm³/mol. The summed E-state index contributed by atoms with van der Waals surface area (Å²) >= 11 is 9.31. The number of hydrogen-bond acceptors (Lipinski definition) is 10. The molecule has 0 saturated heterocycles. The summed E-state index contributed by atoms with van der Waals surface area (Å²) in [7, 11) is 2.00. The van der Waals surface area contributed by atoms with Crippen LogP contribution in [0.4, 0.5) is 0 Å². The van der Waals surface area contributed by atoms with Crippen LogP contribution in [-0.2, 0) is 55.8 Å². The van der Waals surface area contributed by atoms with Gasteiger partial charge in [-0.15, -0.1) is 11.3 Å². The molecule has 0 fully saturated rings. The minimum absolute atomic E-state index is 0.0775. The molecule has 0 atom stereocenters. The van der Waals surface area contributed by atoms with Gasteiger partial charge in [-0.3, -0.25) is 29.7 Å². The van der Waals surface area contributed by atoms with Gasteiger partial charge in [0.25, 0.3) is 0 Å². The number of rotatable bonds is 0. The monoisotopic (exact) mass is 1570 g/mol. The van der Waals surface area contributed by atoms with Crippen molar-refractivity contribution in [3.05, 3.63) is 219 Å². The number of nitrogens with one attached hydrogen (secondary N) is 1. The first-order chi connectivity index (χ1) is 50.2. The second kappa shape index (κ2) is 51.5. The third-order valence-corrected chi connectivity index (χ3v) is 19.1. The molecule has 0 aliphatic rings. The molecule has 1 aromatic carbocycles. The standard InChI is InChI=1S/C11H16.C10H18N2.4C10H15N.2C9H15NS.C8H13ClN2.5C2H6/c1-9-7-5-6-8-10(9)11(2,3)4;1-7-9(10(3,4)5)8(2)12(6)11-7;1-8-7-11-6-5-9(8)10(2,3)4;1-8-5-6-11-7-9(8)10(2,3)4;1-8-9(10(2,3)4)6-5-7-11-8;1-8-6-5-7-11-9(8)10(2,3)4;1-6-8(9(3,4)5)11-7(2)10-6;1-6-8(9(3,4)5)7(2)11-10-6;1-5-6(8(2,3)4)7(9)11-10-5;5*1-2/h5-8H,1-4H3;1-6H3;4*5-7H,1-4H3;2*1-5H3;1-4H3,(H,10,11);5*1-2H3. The normalized spacial score (nSPS) is 11.0. The van der Waals surface area contributed by atoms with Crippen LogP contribution in [0.5, 0.6) is 0 Å². The maximum atomic E-state index is 5.89. The molecule has 9 rings (SSSR count). The van der Waals surface area contributed by atoms with Crippen LogP contribution in [0.15, 0.2) is 97.8 Å². The summed E-state index contributed by atoms with van der Waals surface area (Å²) in [5.74, 6) is 0. The van der Waals surface area contributed by atoms with E-state index in [4.69, 9.17) is 11.6 Å². The van der Waals surface area contributed by atoms with E-state index in [-0.39, 0.29) is 48.7 Å². The number of nitrogens with zero attached hydrogens (tertiary/aromatic N) is 9. The fourth-order valence-corrected chi connectivity index (χ4v) is 14.8. The third-order valence-electron chi connectivity index (χ3n) is 16.4. The molecule has 0 amide bonds. The zero-order valence-corrected chi connectivity index (χ0v) is 82.8. The number of aromatic amines is 1. The molecule has 9 aromatic rings. The SMILES string of the molecule is CC.CC.CC.CC.CC.Cc1[nH]nc(Cl)c1C(C)(C)C.Cc1ccccc1C(C)(C)C.Cc1cccnc1C(C)(C)C.Cc1ccncc1C(C)(C)C.Cc1cnccc1C(C)(C)C.Cc1nc(C)c(C(C)(C)C)s1.Cc1ncccc1C(C)(C)C.Cc1nn(C)c(C)c1C(C)(C)C.Cc1nsc(C)c1C(C)(C)C. The van der Waals surface area contributed by atoms with Crippen molar-refractivity contribution in [2.45, 2.75) is 388 Å². The van der Waals surface area contributed by atoms with Crippen LogP contribution in [0, 0.1) is 83.1 Å². The van der Waals surface area contributed by atoms with E-state index >= 15 is 0 Å². The molecule has 110 heavy (non-hydrogen) atoms. The first-order valence-corrected chi connectivity index (χ1v) is 42.5. The van der Waals surface area contributed by atoms with E-state index in [0.29, 0.717) is 5.15 Å². The first kappa shape index (κ1) is 112. The summed E-state index contributed by atoms with van der Waals surface area (Å²) in [6, 6.07) is 20.9. The highest BCUT2D eigenvalue weighted by molar-refractivity contribution is 7.11. The smallest absolute Gasteiger partial charge is 0.154 e. The van der Waals surface area contributed by atoms with Gasteiger partial charge in [-0.2, -0.15) is 14.6 Å². The summed E-state index contributed by atoms with van der Waals surface area (Å²) in [5.41, 5.74) is 24.8. The average molecular weight is 1570 g/mol. The summed E-state index contributed by atoms with van der Waals surface area (Å²) in [5, 5.41) is 12.9. The molecule has 0 aliphatic heterocycles. The van der Waals surface area contributed by atoms with Crippen molar-refractivity contribution in [3.8, 4) is 0 Å². The van der Waals surface area contributed by atoms with E-state index in [9.17, 15) is 0 Å². The van der Waals surface area contributed by atoms with Gasteiger partial charge in [-0.05, 0) is 212 Å². The number of pyridine rings is 4. The van der Waals surface area contributed by atoms with Gasteiger partial charge in [0, 0.05) is 93.3 Å². The maximum Gasteiger partial charge on any atom is 0.154 e. The van der Waals surface area contributed by atoms with Crippen LogP contribution in [0.3, 0.4) is 0 Å². The van der Waals surface area contributed by atoms with Crippen LogP contribution in [0.1, 0.15) is 372 Å². The summed E-state index contributed by atoms with van der Waals surface area (Å²) in [6.45, 7) is 105. The van der Waals surface area contributed by atoms with Gasteiger partial charge in [0.15, 0.2) is 5.15 Å². The highest BCUT2D eigenvalue weighted by Gasteiger charge is 2.26. The molecular formula is C97H167ClN10S2. The second-order valence-electron chi connectivity index (χ2n) is 35.8. The largest absolute Gasteiger partial charge is 0.281 e. The zero-order chi connectivity index (χ0) is 87.9. The molecule has 0 unspecified atom stereocenters. The van der Waals surface area contributed by atoms with Crippen LogP contribution < -0.4 is 0 Å². The Morgan fingerprint density at radius 3 is 1.03 bits per heavy atom. The van der Waals surface area contributed by atoms with Gasteiger partial charge in [0.2, 0.25) is 0 Å². The van der Waals surface area contributed by atoms with Gasteiger partial charge in [-0.1, -0.05) is 304 Å². The van der Waals surface area contributed by atoms with Gasteiger partial charge in [0.05, 0.1) is 22.1 Å². The van der Waals surface area contributed by atoms with Crippen molar-refractivity contribution in [1.82, 2.24) is 49.3 Å². The van der Waals surface area contributed by atoms with Crippen LogP contribution in [-0.4, -0.2) is 49.3 Å². The maximum absolute atomic E-state index is 5.89. The lowest BCUT2D eigenvalue weighted by Crippen LogP contribution is -2.14. The Labute approximate surface area is 693 Å². The summed E-state index contributed by atoms with van der Waals surface area (Å²) in [4.78, 5) is 23.9. The Bertz CT molecular complexity index is 3490. The fraction of sp³-hybridized carbons (Fsp3) is 0.608. The Balaban J connectivity index is -0.000000370. The molecule has 0 bridgehead atoms. The molecule has 8 heterocycles. The lowest BCUT2D eigenvalue weighted by Gasteiger charge is -2.21. The van der Waals surface area contributed by atoms with Gasteiger partial charge >= 0.3 is 0 Å². The summed E-state index contributed by atoms with van der Waals surface area (Å²) in [6.07, 6.45) is 11.3. The average Bonchev–Trinajstić information content (AvgIpc) is 1.58. The molecule has 0 spiro atoms. The first-order valence-electron chi connectivity index (χ1n) is 40.5. The van der Waals surface area contributed by atoms with Crippen LogP contribution in [0.25, 0.3) is 0 Å². The van der Waals surface area contributed by atoms with Crippen molar-refractivity contribution in [2.75, 3.05) is 0 Å². The van der Waals surface area contributed by atoms with Gasteiger partial charge in [-0.25, -0.2) is 4.98 Å². The number of benzene rings is 1. The number of hydrogen-bond donors (Lipinski definition) is 1. The zero-order valence-electron chi connectivity index (χ0n) is 80.5. The van der Waals surface area contributed by atoms with E-state index in [2.05, 4.69) is 356 Å². The highest BCUT2D eigenvalue weighted by Crippen LogP contribution is 2.34. The number of aromatic nitrogens is 10. The topological polar surface area (TPSA) is 124 Å². The Morgan fingerprint density at radius 2 is 0.773 bits per heavy atom.